The van der Waals surface area contributed by atoms with Crippen molar-refractivity contribution in [1.82, 2.24) is 9.88 Å². The number of likely N-dealkylation sites (tertiary alicyclic amines) is 1. The Bertz CT molecular complexity index is 695. The summed E-state index contributed by atoms with van der Waals surface area (Å²) < 4.78 is 2.17. The van der Waals surface area contributed by atoms with E-state index >= 15 is 0 Å². The Kier molecular flexibility index (Phi) is 5.27. The van der Waals surface area contributed by atoms with Crippen LogP contribution in [0, 0.1) is 0 Å². The highest BCUT2D eigenvalue weighted by Crippen LogP contribution is 2.19. The minimum atomic E-state index is -0.00902. The van der Waals surface area contributed by atoms with Crippen LogP contribution in [0.2, 0.25) is 5.02 Å². The van der Waals surface area contributed by atoms with Gasteiger partial charge in [-0.3, -0.25) is 4.79 Å². The maximum atomic E-state index is 12.5. The molecule has 2 N–H and O–H groups in total. The summed E-state index contributed by atoms with van der Waals surface area (Å²) in [6.45, 7) is 3.58. The molecule has 0 aliphatic carbocycles. The van der Waals surface area contributed by atoms with Gasteiger partial charge in [0.15, 0.2) is 6.54 Å². The van der Waals surface area contributed by atoms with Crippen LogP contribution in [0.3, 0.4) is 0 Å². The number of amides is 1. The van der Waals surface area contributed by atoms with Crippen molar-refractivity contribution in [2.75, 3.05) is 13.1 Å². The number of hydrogen-bond acceptors (Lipinski definition) is 1. The maximum Gasteiger partial charge on any atom is 0.275 e. The third-order valence-corrected chi connectivity index (χ3v) is 5.21. The second-order valence-electron chi connectivity index (χ2n) is 6.66. The first-order chi connectivity index (χ1) is 11.5. The third kappa shape index (κ3) is 3.82. The lowest BCUT2D eigenvalue weighted by atomic mass is 10.1. The highest BCUT2D eigenvalue weighted by Gasteiger charge is 2.33. The lowest BCUT2D eigenvalue weighted by Gasteiger charge is -2.23. The lowest BCUT2D eigenvalue weighted by molar-refractivity contribution is -0.911. The van der Waals surface area contributed by atoms with Gasteiger partial charge in [0.1, 0.15) is 6.04 Å². The van der Waals surface area contributed by atoms with Crippen molar-refractivity contribution < 1.29 is 9.69 Å². The van der Waals surface area contributed by atoms with Gasteiger partial charge < -0.3 is 14.8 Å². The Morgan fingerprint density at radius 1 is 1.38 bits per heavy atom. The first-order valence-electron chi connectivity index (χ1n) is 8.55. The lowest BCUT2D eigenvalue weighted by Crippen LogP contribution is -3.11. The molecule has 1 aromatic heterocycles. The Hall–Kier alpha value is -1.78. The molecule has 0 saturated carbocycles. The zero-order chi connectivity index (χ0) is 17.1. The number of carbonyl (C=O) groups excluding carboxylic acids is 1. The fraction of sp³-hybridized carbons (Fsp3) is 0.421. The molecule has 1 aliphatic heterocycles. The van der Waals surface area contributed by atoms with Crippen molar-refractivity contribution in [1.29, 1.82) is 0 Å². The van der Waals surface area contributed by atoms with Gasteiger partial charge >= 0.3 is 0 Å². The van der Waals surface area contributed by atoms with E-state index in [1.807, 2.05) is 31.2 Å². The first kappa shape index (κ1) is 17.1. The van der Waals surface area contributed by atoms with Crippen LogP contribution >= 0.6 is 11.6 Å². The molecule has 2 heterocycles. The predicted octanol–water partition coefficient (Wildman–Crippen LogP) is 2.28. The van der Waals surface area contributed by atoms with Gasteiger partial charge in [0.05, 0.1) is 18.3 Å². The topological polar surface area (TPSA) is 38.5 Å². The van der Waals surface area contributed by atoms with Crippen LogP contribution in [-0.4, -0.2) is 23.6 Å². The number of carbonyl (C=O) groups is 1. The average Bonchev–Trinajstić information content (AvgIpc) is 3.16. The summed E-state index contributed by atoms with van der Waals surface area (Å²) in [6.07, 6.45) is 4.40. The van der Waals surface area contributed by atoms with Crippen molar-refractivity contribution >= 4 is 17.5 Å². The molecule has 2 aromatic rings. The molecule has 0 bridgehead atoms. The number of nitrogens with zero attached hydrogens (tertiary/aromatic N) is 1. The summed E-state index contributed by atoms with van der Waals surface area (Å²) in [7, 11) is 2.08. The standard InChI is InChI=1S/C19H24ClN3O/c1-14(15-7-9-16(20)10-8-15)21-19(24)13-23-12-4-6-18(23)17-5-3-11-22(17)2/h3,5,7-11,14,18H,4,6,12-13H2,1-2H3,(H,21,24)/p+1/t14-,18+/m0/s1. The van der Waals surface area contributed by atoms with Gasteiger partial charge in [0.25, 0.3) is 5.91 Å². The summed E-state index contributed by atoms with van der Waals surface area (Å²) in [6, 6.07) is 12.3. The molecule has 5 heteroatoms. The molecular formula is C19H25ClN3O+. The molecule has 0 spiro atoms. The van der Waals surface area contributed by atoms with Crippen LogP contribution in [-0.2, 0) is 11.8 Å². The number of hydrogen-bond donors (Lipinski definition) is 2. The minimum Gasteiger partial charge on any atom is -0.350 e. The van der Waals surface area contributed by atoms with Crippen LogP contribution in [0.1, 0.15) is 43.1 Å². The summed E-state index contributed by atoms with van der Waals surface area (Å²) >= 11 is 5.92. The van der Waals surface area contributed by atoms with Crippen LogP contribution in [0.4, 0.5) is 0 Å². The quantitative estimate of drug-likeness (QED) is 0.856. The van der Waals surface area contributed by atoms with Gasteiger partial charge in [0, 0.05) is 31.1 Å². The van der Waals surface area contributed by atoms with Crippen molar-refractivity contribution in [2.24, 2.45) is 7.05 Å². The largest absolute Gasteiger partial charge is 0.350 e. The summed E-state index contributed by atoms with van der Waals surface area (Å²) in [5.74, 6) is 0.105. The van der Waals surface area contributed by atoms with E-state index in [1.54, 1.807) is 0 Å². The molecule has 1 unspecified atom stereocenters. The van der Waals surface area contributed by atoms with Crippen LogP contribution in [0.25, 0.3) is 0 Å². The second kappa shape index (κ2) is 7.41. The normalized spacial score (nSPS) is 21.6. The Morgan fingerprint density at radius 2 is 2.12 bits per heavy atom. The smallest absolute Gasteiger partial charge is 0.275 e. The number of aryl methyl sites for hydroxylation is 1. The van der Waals surface area contributed by atoms with Crippen LogP contribution in [0.5, 0.6) is 0 Å². The Morgan fingerprint density at radius 3 is 2.79 bits per heavy atom. The molecule has 1 fully saturated rings. The zero-order valence-corrected chi connectivity index (χ0v) is 15.0. The van der Waals surface area contributed by atoms with E-state index in [1.165, 1.54) is 17.0 Å². The minimum absolute atomic E-state index is 0.00902. The van der Waals surface area contributed by atoms with Crippen molar-refractivity contribution in [2.45, 2.75) is 31.8 Å². The van der Waals surface area contributed by atoms with E-state index in [-0.39, 0.29) is 11.9 Å². The number of nitrogens with one attached hydrogen (secondary N) is 2. The molecule has 4 nitrogen and oxygen atoms in total. The number of quaternary nitrogens is 1. The van der Waals surface area contributed by atoms with Gasteiger partial charge in [-0.2, -0.15) is 0 Å². The molecule has 3 rings (SSSR count). The highest BCUT2D eigenvalue weighted by molar-refractivity contribution is 6.30. The van der Waals surface area contributed by atoms with Gasteiger partial charge in [-0.1, -0.05) is 23.7 Å². The monoisotopic (exact) mass is 346 g/mol. The molecule has 3 atom stereocenters. The van der Waals surface area contributed by atoms with E-state index in [0.717, 1.165) is 18.5 Å². The van der Waals surface area contributed by atoms with E-state index in [9.17, 15) is 4.79 Å². The second-order valence-corrected chi connectivity index (χ2v) is 7.10. The zero-order valence-electron chi connectivity index (χ0n) is 14.3. The summed E-state index contributed by atoms with van der Waals surface area (Å²) in [4.78, 5) is 13.8. The number of rotatable bonds is 5. The fourth-order valence-corrected chi connectivity index (χ4v) is 3.78. The van der Waals surface area contributed by atoms with Gasteiger partial charge in [-0.15, -0.1) is 0 Å². The third-order valence-electron chi connectivity index (χ3n) is 4.96. The number of aromatic nitrogens is 1. The predicted molar refractivity (Wildman–Crippen MR) is 96.1 cm³/mol. The van der Waals surface area contributed by atoms with Gasteiger partial charge in [-0.25, -0.2) is 0 Å². The molecular weight excluding hydrogens is 322 g/mol. The molecule has 1 aliphatic rings. The van der Waals surface area contributed by atoms with E-state index in [0.29, 0.717) is 17.6 Å². The fourth-order valence-electron chi connectivity index (χ4n) is 3.65. The first-order valence-corrected chi connectivity index (χ1v) is 8.93. The van der Waals surface area contributed by atoms with Crippen LogP contribution in [0.15, 0.2) is 42.6 Å². The summed E-state index contributed by atoms with van der Waals surface area (Å²) in [5, 5.41) is 3.83. The van der Waals surface area contributed by atoms with Crippen LogP contribution < -0.4 is 10.2 Å². The van der Waals surface area contributed by atoms with Crippen molar-refractivity contribution in [3.63, 3.8) is 0 Å². The molecule has 0 radical (unpaired) electrons. The molecule has 1 saturated heterocycles. The molecule has 1 aromatic carbocycles. The van der Waals surface area contributed by atoms with E-state index in [4.69, 9.17) is 11.6 Å². The Labute approximate surface area is 148 Å². The molecule has 24 heavy (non-hydrogen) atoms. The van der Waals surface area contributed by atoms with E-state index in [2.05, 4.69) is 35.3 Å². The van der Waals surface area contributed by atoms with Gasteiger partial charge in [-0.05, 0) is 36.8 Å². The molecule has 128 valence electrons. The average molecular weight is 347 g/mol. The number of halogens is 1. The molecule has 1 amide bonds. The number of benzene rings is 1. The van der Waals surface area contributed by atoms with Crippen molar-refractivity contribution in [3.05, 3.63) is 58.9 Å². The maximum absolute atomic E-state index is 12.5. The van der Waals surface area contributed by atoms with Crippen molar-refractivity contribution in [3.8, 4) is 0 Å². The SMILES string of the molecule is C[C@H](NC(=O)C[NH+]1CCC[C@@H]1c1cccn1C)c1ccc(Cl)cc1. The summed E-state index contributed by atoms with van der Waals surface area (Å²) in [5.41, 5.74) is 2.39. The van der Waals surface area contributed by atoms with Gasteiger partial charge in [0.2, 0.25) is 0 Å². The Balaban J connectivity index is 1.60. The highest BCUT2D eigenvalue weighted by atomic mass is 35.5. The van der Waals surface area contributed by atoms with E-state index < -0.39 is 0 Å².